The normalized spacial score (nSPS) is 10.9. The van der Waals surface area contributed by atoms with Crippen molar-refractivity contribution in [3.63, 3.8) is 0 Å². The molecule has 3 nitrogen and oxygen atoms in total. The van der Waals surface area contributed by atoms with Crippen molar-refractivity contribution in [3.8, 4) is 0 Å². The smallest absolute Gasteiger partial charge is 0.267 e. The number of nitrogens with one attached hydrogen (secondary N) is 1. The third kappa shape index (κ3) is 2.81. The maximum atomic E-state index is 11.8. The standard InChI is InChI=1S/C12H12N2OS2/c1-8-9(2)17-7-11(8)12(15)14-13-6-10-4-3-5-16-10/h3-7H,1-2H3,(H,14,15). The fourth-order valence-corrected chi connectivity index (χ4v) is 2.77. The minimum absolute atomic E-state index is 0.153. The lowest BCUT2D eigenvalue weighted by atomic mass is 10.2. The van der Waals surface area contributed by atoms with Gasteiger partial charge < -0.3 is 0 Å². The summed E-state index contributed by atoms with van der Waals surface area (Å²) in [5.74, 6) is -0.153. The number of hydrogen-bond acceptors (Lipinski definition) is 4. The highest BCUT2D eigenvalue weighted by Gasteiger charge is 2.11. The summed E-state index contributed by atoms with van der Waals surface area (Å²) < 4.78 is 0. The van der Waals surface area contributed by atoms with Gasteiger partial charge in [-0.25, -0.2) is 5.43 Å². The van der Waals surface area contributed by atoms with Gasteiger partial charge in [-0.1, -0.05) is 6.07 Å². The Balaban J connectivity index is 2.01. The average molecular weight is 264 g/mol. The molecule has 0 radical (unpaired) electrons. The predicted molar refractivity (Wildman–Crippen MR) is 73.2 cm³/mol. The van der Waals surface area contributed by atoms with Crippen molar-refractivity contribution in [3.05, 3.63) is 43.8 Å². The van der Waals surface area contributed by atoms with E-state index >= 15 is 0 Å². The molecular formula is C12H12N2OS2. The van der Waals surface area contributed by atoms with Crippen LogP contribution in [0.1, 0.15) is 25.7 Å². The van der Waals surface area contributed by atoms with Gasteiger partial charge in [0, 0.05) is 15.1 Å². The fraction of sp³-hybridized carbons (Fsp3) is 0.167. The minimum atomic E-state index is -0.153. The number of amides is 1. The van der Waals surface area contributed by atoms with Gasteiger partial charge in [0.15, 0.2) is 0 Å². The highest BCUT2D eigenvalue weighted by Crippen LogP contribution is 2.20. The number of thiophene rings is 2. The minimum Gasteiger partial charge on any atom is -0.267 e. The van der Waals surface area contributed by atoms with Crippen LogP contribution in [0.5, 0.6) is 0 Å². The van der Waals surface area contributed by atoms with Gasteiger partial charge in [-0.2, -0.15) is 5.10 Å². The Labute approximate surface area is 108 Å². The van der Waals surface area contributed by atoms with E-state index in [4.69, 9.17) is 0 Å². The number of rotatable bonds is 3. The molecule has 0 fully saturated rings. The Hall–Kier alpha value is -1.46. The first-order valence-electron chi connectivity index (χ1n) is 5.10. The van der Waals surface area contributed by atoms with Crippen molar-refractivity contribution in [1.29, 1.82) is 0 Å². The van der Waals surface area contributed by atoms with E-state index in [1.165, 1.54) is 0 Å². The van der Waals surface area contributed by atoms with Gasteiger partial charge in [-0.05, 0) is 30.9 Å². The van der Waals surface area contributed by atoms with E-state index in [0.717, 1.165) is 15.3 Å². The van der Waals surface area contributed by atoms with Gasteiger partial charge in [-0.3, -0.25) is 4.79 Å². The van der Waals surface area contributed by atoms with Crippen molar-refractivity contribution in [2.24, 2.45) is 5.10 Å². The molecule has 0 atom stereocenters. The molecule has 0 aliphatic heterocycles. The van der Waals surface area contributed by atoms with Crippen LogP contribution in [0, 0.1) is 13.8 Å². The second-order valence-electron chi connectivity index (χ2n) is 3.55. The average Bonchev–Trinajstić information content (AvgIpc) is 2.91. The second-order valence-corrected chi connectivity index (χ2v) is 5.61. The van der Waals surface area contributed by atoms with Crippen molar-refractivity contribution in [1.82, 2.24) is 5.43 Å². The SMILES string of the molecule is Cc1scc(C(=O)NN=Cc2cccs2)c1C. The lowest BCUT2D eigenvalue weighted by Crippen LogP contribution is -2.17. The van der Waals surface area contributed by atoms with Gasteiger partial charge in [0.2, 0.25) is 0 Å². The first-order valence-corrected chi connectivity index (χ1v) is 6.86. The predicted octanol–water partition coefficient (Wildman–Crippen LogP) is 3.19. The van der Waals surface area contributed by atoms with Crippen molar-refractivity contribution in [2.75, 3.05) is 0 Å². The zero-order valence-electron chi connectivity index (χ0n) is 9.56. The molecule has 0 aliphatic carbocycles. The van der Waals surface area contributed by atoms with E-state index < -0.39 is 0 Å². The summed E-state index contributed by atoms with van der Waals surface area (Å²) in [5, 5.41) is 7.76. The Kier molecular flexibility index (Phi) is 3.71. The van der Waals surface area contributed by atoms with Crippen LogP contribution in [0.2, 0.25) is 0 Å². The quantitative estimate of drug-likeness (QED) is 0.671. The maximum Gasteiger partial charge on any atom is 0.272 e. The molecule has 17 heavy (non-hydrogen) atoms. The number of carbonyl (C=O) groups is 1. The monoisotopic (exact) mass is 264 g/mol. The van der Waals surface area contributed by atoms with Crippen LogP contribution in [0.4, 0.5) is 0 Å². The van der Waals surface area contributed by atoms with Gasteiger partial charge in [-0.15, -0.1) is 22.7 Å². The van der Waals surface area contributed by atoms with Gasteiger partial charge in [0.25, 0.3) is 5.91 Å². The summed E-state index contributed by atoms with van der Waals surface area (Å²) in [7, 11) is 0. The van der Waals surface area contributed by atoms with E-state index in [9.17, 15) is 4.79 Å². The molecule has 0 unspecified atom stereocenters. The Morgan fingerprint density at radius 3 is 2.82 bits per heavy atom. The first kappa shape index (κ1) is 12.0. The third-order valence-electron chi connectivity index (χ3n) is 2.43. The molecular weight excluding hydrogens is 252 g/mol. The van der Waals surface area contributed by atoms with Gasteiger partial charge >= 0.3 is 0 Å². The van der Waals surface area contributed by atoms with Gasteiger partial charge in [0.05, 0.1) is 11.8 Å². The Morgan fingerprint density at radius 2 is 2.24 bits per heavy atom. The number of aryl methyl sites for hydroxylation is 1. The van der Waals surface area contributed by atoms with E-state index in [2.05, 4.69) is 10.5 Å². The molecule has 0 aliphatic rings. The largest absolute Gasteiger partial charge is 0.272 e. The molecule has 2 aromatic rings. The van der Waals surface area contributed by atoms with Crippen LogP contribution in [-0.2, 0) is 0 Å². The molecule has 0 aromatic carbocycles. The second kappa shape index (κ2) is 5.25. The molecule has 1 N–H and O–H groups in total. The summed E-state index contributed by atoms with van der Waals surface area (Å²) in [4.78, 5) is 14.0. The van der Waals surface area contributed by atoms with Crippen LogP contribution >= 0.6 is 22.7 Å². The van der Waals surface area contributed by atoms with E-state index in [1.54, 1.807) is 28.9 Å². The molecule has 0 saturated carbocycles. The summed E-state index contributed by atoms with van der Waals surface area (Å²) in [6.07, 6.45) is 1.65. The molecule has 1 amide bonds. The van der Waals surface area contributed by atoms with Crippen molar-refractivity contribution < 1.29 is 4.79 Å². The summed E-state index contributed by atoms with van der Waals surface area (Å²) in [5.41, 5.74) is 4.27. The molecule has 0 saturated heterocycles. The number of nitrogens with zero attached hydrogens (tertiary/aromatic N) is 1. The van der Waals surface area contributed by atoms with E-state index in [-0.39, 0.29) is 5.91 Å². The Bertz CT molecular complexity index is 541. The zero-order valence-corrected chi connectivity index (χ0v) is 11.2. The fourth-order valence-electron chi connectivity index (χ4n) is 1.32. The van der Waals surface area contributed by atoms with Crippen molar-refractivity contribution >= 4 is 34.8 Å². The molecule has 88 valence electrons. The lowest BCUT2D eigenvalue weighted by Gasteiger charge is -1.98. The topological polar surface area (TPSA) is 41.5 Å². The third-order valence-corrected chi connectivity index (χ3v) is 4.25. The molecule has 2 aromatic heterocycles. The molecule has 0 spiro atoms. The number of hydrazone groups is 1. The maximum absolute atomic E-state index is 11.8. The summed E-state index contributed by atoms with van der Waals surface area (Å²) in [6.45, 7) is 3.95. The molecule has 2 heterocycles. The van der Waals surface area contributed by atoms with Crippen LogP contribution in [0.3, 0.4) is 0 Å². The summed E-state index contributed by atoms with van der Waals surface area (Å²) >= 11 is 3.16. The van der Waals surface area contributed by atoms with E-state index in [1.807, 2.05) is 36.7 Å². The summed E-state index contributed by atoms with van der Waals surface area (Å²) in [6, 6.07) is 3.89. The highest BCUT2D eigenvalue weighted by atomic mass is 32.1. The van der Waals surface area contributed by atoms with E-state index in [0.29, 0.717) is 5.56 Å². The highest BCUT2D eigenvalue weighted by molar-refractivity contribution is 7.11. The van der Waals surface area contributed by atoms with Crippen LogP contribution in [-0.4, -0.2) is 12.1 Å². The molecule has 0 bridgehead atoms. The van der Waals surface area contributed by atoms with Crippen LogP contribution < -0.4 is 5.43 Å². The lowest BCUT2D eigenvalue weighted by molar-refractivity contribution is 0.0955. The first-order chi connectivity index (χ1) is 8.18. The molecule has 2 rings (SSSR count). The molecule has 5 heteroatoms. The van der Waals surface area contributed by atoms with Crippen LogP contribution in [0.15, 0.2) is 28.0 Å². The van der Waals surface area contributed by atoms with Crippen LogP contribution in [0.25, 0.3) is 0 Å². The Morgan fingerprint density at radius 1 is 1.41 bits per heavy atom. The van der Waals surface area contributed by atoms with Crippen molar-refractivity contribution in [2.45, 2.75) is 13.8 Å². The number of hydrogen-bond donors (Lipinski definition) is 1. The number of carbonyl (C=O) groups excluding carboxylic acids is 1. The van der Waals surface area contributed by atoms with Gasteiger partial charge in [0.1, 0.15) is 0 Å². The zero-order chi connectivity index (χ0) is 12.3.